The molecule has 1 unspecified atom stereocenters. The quantitative estimate of drug-likeness (QED) is 0.346. The normalized spacial score (nSPS) is 11.3. The molecule has 112 valence electrons. The van der Waals surface area contributed by atoms with Gasteiger partial charge in [-0.3, -0.25) is 9.63 Å². The van der Waals surface area contributed by atoms with Crippen LogP contribution in [0.15, 0.2) is 43.5 Å². The van der Waals surface area contributed by atoms with E-state index in [0.717, 1.165) is 0 Å². The summed E-state index contributed by atoms with van der Waals surface area (Å²) in [7, 11) is 0. The van der Waals surface area contributed by atoms with Crippen molar-refractivity contribution in [3.8, 4) is 0 Å². The third kappa shape index (κ3) is 5.12. The number of benzene rings is 1. The summed E-state index contributed by atoms with van der Waals surface area (Å²) in [6.07, 6.45) is 2.63. The molecule has 1 rings (SSSR count). The SMILES string of the molecule is C=CCOC(=O)c1cc(N)cc(C(=O)NOC(C)C=C)c1. The van der Waals surface area contributed by atoms with Crippen LogP contribution in [0.3, 0.4) is 0 Å². The zero-order valence-corrected chi connectivity index (χ0v) is 11.8. The molecule has 6 nitrogen and oxygen atoms in total. The highest BCUT2D eigenvalue weighted by molar-refractivity contribution is 5.98. The van der Waals surface area contributed by atoms with Gasteiger partial charge >= 0.3 is 5.97 Å². The summed E-state index contributed by atoms with van der Waals surface area (Å²) < 4.78 is 4.89. The average molecular weight is 290 g/mol. The predicted octanol–water partition coefficient (Wildman–Crippen LogP) is 1.85. The number of amides is 1. The number of hydroxylamine groups is 1. The lowest BCUT2D eigenvalue weighted by Crippen LogP contribution is -2.27. The summed E-state index contributed by atoms with van der Waals surface area (Å²) in [5.41, 5.74) is 8.57. The fraction of sp³-hybridized carbons (Fsp3) is 0.200. The van der Waals surface area contributed by atoms with E-state index in [9.17, 15) is 9.59 Å². The Balaban J connectivity index is 2.85. The molecule has 0 aliphatic heterocycles. The minimum Gasteiger partial charge on any atom is -0.458 e. The monoisotopic (exact) mass is 290 g/mol. The van der Waals surface area contributed by atoms with Crippen LogP contribution >= 0.6 is 0 Å². The molecule has 0 heterocycles. The first-order chi connectivity index (χ1) is 9.97. The molecule has 0 spiro atoms. The van der Waals surface area contributed by atoms with Crippen LogP contribution in [-0.2, 0) is 9.57 Å². The number of rotatable bonds is 7. The van der Waals surface area contributed by atoms with Crippen LogP contribution in [0, 0.1) is 0 Å². The number of esters is 1. The Hall–Kier alpha value is -2.60. The summed E-state index contributed by atoms with van der Waals surface area (Å²) in [6, 6.07) is 4.23. The van der Waals surface area contributed by atoms with Crippen LogP contribution < -0.4 is 11.2 Å². The highest BCUT2D eigenvalue weighted by Gasteiger charge is 2.13. The van der Waals surface area contributed by atoms with Gasteiger partial charge in [-0.15, -0.1) is 6.58 Å². The van der Waals surface area contributed by atoms with Crippen molar-refractivity contribution >= 4 is 17.6 Å². The maximum Gasteiger partial charge on any atom is 0.338 e. The lowest BCUT2D eigenvalue weighted by atomic mass is 10.1. The van der Waals surface area contributed by atoms with Crippen LogP contribution in [0.25, 0.3) is 0 Å². The lowest BCUT2D eigenvalue weighted by molar-refractivity contribution is 0.0114. The van der Waals surface area contributed by atoms with Gasteiger partial charge in [0, 0.05) is 11.3 Å². The third-order valence-corrected chi connectivity index (χ3v) is 2.45. The summed E-state index contributed by atoms with van der Waals surface area (Å²) in [5.74, 6) is -1.11. The van der Waals surface area contributed by atoms with Gasteiger partial charge < -0.3 is 10.5 Å². The maximum absolute atomic E-state index is 11.9. The molecule has 0 aliphatic rings. The molecule has 1 amide bonds. The van der Waals surface area contributed by atoms with Crippen molar-refractivity contribution in [2.45, 2.75) is 13.0 Å². The largest absolute Gasteiger partial charge is 0.458 e. The molecule has 1 atom stereocenters. The van der Waals surface area contributed by atoms with Gasteiger partial charge in [0.05, 0.1) is 5.56 Å². The molecule has 0 aliphatic carbocycles. The van der Waals surface area contributed by atoms with Crippen molar-refractivity contribution in [2.24, 2.45) is 0 Å². The first kappa shape index (κ1) is 16.5. The molecule has 0 saturated carbocycles. The molecule has 0 saturated heterocycles. The molecule has 0 fully saturated rings. The molecule has 21 heavy (non-hydrogen) atoms. The number of carbonyl (C=O) groups excluding carboxylic acids is 2. The standard InChI is InChI=1S/C15H18N2O4/c1-4-6-20-15(19)12-7-11(8-13(16)9-12)14(18)17-21-10(3)5-2/h4-5,7-10H,1-2,6,16H2,3H3,(H,17,18). The van der Waals surface area contributed by atoms with Crippen molar-refractivity contribution in [3.05, 3.63) is 54.6 Å². The summed E-state index contributed by atoms with van der Waals surface area (Å²) >= 11 is 0. The number of hydrogen-bond acceptors (Lipinski definition) is 5. The van der Waals surface area contributed by atoms with E-state index in [0.29, 0.717) is 0 Å². The molecule has 1 aromatic rings. The minimum atomic E-state index is -0.586. The van der Waals surface area contributed by atoms with E-state index in [1.807, 2.05) is 0 Å². The number of hydrogen-bond donors (Lipinski definition) is 2. The van der Waals surface area contributed by atoms with Crippen LogP contribution in [-0.4, -0.2) is 24.6 Å². The van der Waals surface area contributed by atoms with Crippen LogP contribution in [0.1, 0.15) is 27.6 Å². The minimum absolute atomic E-state index is 0.0785. The molecular weight excluding hydrogens is 272 g/mol. The van der Waals surface area contributed by atoms with Crippen LogP contribution in [0.2, 0.25) is 0 Å². The first-order valence-electron chi connectivity index (χ1n) is 6.25. The van der Waals surface area contributed by atoms with E-state index in [1.54, 1.807) is 6.92 Å². The Morgan fingerprint density at radius 3 is 2.62 bits per heavy atom. The van der Waals surface area contributed by atoms with Gasteiger partial charge in [-0.2, -0.15) is 0 Å². The molecule has 0 radical (unpaired) electrons. The Labute approximate surface area is 123 Å². The lowest BCUT2D eigenvalue weighted by Gasteiger charge is -2.10. The molecule has 0 bridgehead atoms. The summed E-state index contributed by atoms with van der Waals surface area (Å²) in [5, 5.41) is 0. The Morgan fingerprint density at radius 2 is 2.00 bits per heavy atom. The number of ether oxygens (including phenoxy) is 1. The number of nitrogen functional groups attached to an aromatic ring is 1. The third-order valence-electron chi connectivity index (χ3n) is 2.45. The molecular formula is C15H18N2O4. The average Bonchev–Trinajstić information content (AvgIpc) is 2.48. The van der Waals surface area contributed by atoms with Crippen molar-refractivity contribution < 1.29 is 19.2 Å². The summed E-state index contributed by atoms with van der Waals surface area (Å²) in [6.45, 7) is 8.77. The van der Waals surface area contributed by atoms with Crippen molar-refractivity contribution in [2.75, 3.05) is 12.3 Å². The fourth-order valence-corrected chi connectivity index (χ4v) is 1.37. The van der Waals surface area contributed by atoms with E-state index in [4.69, 9.17) is 15.3 Å². The van der Waals surface area contributed by atoms with Crippen molar-refractivity contribution in [1.29, 1.82) is 0 Å². The van der Waals surface area contributed by atoms with Gasteiger partial charge in [0.15, 0.2) is 0 Å². The van der Waals surface area contributed by atoms with Gasteiger partial charge in [-0.1, -0.05) is 18.7 Å². The van der Waals surface area contributed by atoms with Crippen LogP contribution in [0.5, 0.6) is 0 Å². The second kappa shape index (κ2) is 7.86. The fourth-order valence-electron chi connectivity index (χ4n) is 1.37. The topological polar surface area (TPSA) is 90.7 Å². The first-order valence-corrected chi connectivity index (χ1v) is 6.25. The van der Waals surface area contributed by atoms with E-state index in [1.165, 1.54) is 30.4 Å². The van der Waals surface area contributed by atoms with Gasteiger partial charge in [-0.05, 0) is 25.1 Å². The number of nitrogens with two attached hydrogens (primary N) is 1. The van der Waals surface area contributed by atoms with Gasteiger partial charge in [0.2, 0.25) is 0 Å². The van der Waals surface area contributed by atoms with E-state index < -0.39 is 11.9 Å². The van der Waals surface area contributed by atoms with Gasteiger partial charge in [0.25, 0.3) is 5.91 Å². The Kier molecular flexibility index (Phi) is 6.16. The smallest absolute Gasteiger partial charge is 0.338 e. The highest BCUT2D eigenvalue weighted by atomic mass is 16.7. The maximum atomic E-state index is 11.9. The highest BCUT2D eigenvalue weighted by Crippen LogP contribution is 2.13. The van der Waals surface area contributed by atoms with Crippen molar-refractivity contribution in [1.82, 2.24) is 5.48 Å². The van der Waals surface area contributed by atoms with E-state index >= 15 is 0 Å². The van der Waals surface area contributed by atoms with Gasteiger partial charge in [0.1, 0.15) is 12.7 Å². The number of nitrogens with one attached hydrogen (secondary N) is 1. The zero-order chi connectivity index (χ0) is 15.8. The summed E-state index contributed by atoms with van der Waals surface area (Å²) in [4.78, 5) is 28.7. The molecule has 6 heteroatoms. The van der Waals surface area contributed by atoms with E-state index in [2.05, 4.69) is 18.6 Å². The molecule has 3 N–H and O–H groups in total. The number of carbonyl (C=O) groups is 2. The Morgan fingerprint density at radius 1 is 1.33 bits per heavy atom. The van der Waals surface area contributed by atoms with Crippen LogP contribution in [0.4, 0.5) is 5.69 Å². The Bertz CT molecular complexity index is 555. The molecule has 0 aromatic heterocycles. The van der Waals surface area contributed by atoms with E-state index in [-0.39, 0.29) is 29.5 Å². The number of anilines is 1. The second-order valence-corrected chi connectivity index (χ2v) is 4.22. The molecule has 1 aromatic carbocycles. The van der Waals surface area contributed by atoms with Gasteiger partial charge in [-0.25, -0.2) is 10.3 Å². The van der Waals surface area contributed by atoms with Crippen molar-refractivity contribution in [3.63, 3.8) is 0 Å². The second-order valence-electron chi connectivity index (χ2n) is 4.22. The zero-order valence-electron chi connectivity index (χ0n) is 11.8. The predicted molar refractivity (Wildman–Crippen MR) is 79.5 cm³/mol.